The molecule has 132 valence electrons. The van der Waals surface area contributed by atoms with Crippen molar-refractivity contribution in [2.45, 2.75) is 25.8 Å². The normalized spacial score (nSPS) is 19.5. The SMILES string of the molecule is NCc1cc(C(=O)N2CCN(CC(=O)N3CCCCC3)CC2)co1. The fourth-order valence-electron chi connectivity index (χ4n) is 3.33. The molecule has 3 heterocycles. The summed E-state index contributed by atoms with van der Waals surface area (Å²) >= 11 is 0. The van der Waals surface area contributed by atoms with E-state index in [1.807, 2.05) is 9.80 Å². The molecule has 1 aromatic rings. The lowest BCUT2D eigenvalue weighted by atomic mass is 10.1. The van der Waals surface area contributed by atoms with Gasteiger partial charge >= 0.3 is 0 Å². The predicted molar refractivity (Wildman–Crippen MR) is 89.4 cm³/mol. The number of likely N-dealkylation sites (tertiary alicyclic amines) is 1. The lowest BCUT2D eigenvalue weighted by Gasteiger charge is -2.35. The molecule has 0 unspecified atom stereocenters. The zero-order valence-electron chi connectivity index (χ0n) is 14.1. The van der Waals surface area contributed by atoms with Crippen LogP contribution in [0.5, 0.6) is 0 Å². The minimum atomic E-state index is -0.0274. The quantitative estimate of drug-likeness (QED) is 0.867. The Labute approximate surface area is 142 Å². The number of hydrogen-bond donors (Lipinski definition) is 1. The van der Waals surface area contributed by atoms with Crippen LogP contribution in [0.4, 0.5) is 0 Å². The number of rotatable bonds is 4. The third-order valence-corrected chi connectivity index (χ3v) is 4.83. The van der Waals surface area contributed by atoms with Crippen LogP contribution in [-0.4, -0.2) is 72.3 Å². The zero-order chi connectivity index (χ0) is 16.9. The van der Waals surface area contributed by atoms with E-state index < -0.39 is 0 Å². The average molecular weight is 334 g/mol. The molecule has 7 nitrogen and oxygen atoms in total. The van der Waals surface area contributed by atoms with Crippen LogP contribution in [0.3, 0.4) is 0 Å². The topological polar surface area (TPSA) is 83.0 Å². The van der Waals surface area contributed by atoms with Crippen LogP contribution in [0.2, 0.25) is 0 Å². The third kappa shape index (κ3) is 3.96. The van der Waals surface area contributed by atoms with Crippen molar-refractivity contribution >= 4 is 11.8 Å². The minimum absolute atomic E-state index is 0.0274. The van der Waals surface area contributed by atoms with Crippen molar-refractivity contribution in [1.29, 1.82) is 0 Å². The summed E-state index contributed by atoms with van der Waals surface area (Å²) in [6.07, 6.45) is 4.92. The monoisotopic (exact) mass is 334 g/mol. The molecule has 1 aromatic heterocycles. The minimum Gasteiger partial charge on any atom is -0.467 e. The summed E-state index contributed by atoms with van der Waals surface area (Å²) in [5, 5.41) is 0. The summed E-state index contributed by atoms with van der Waals surface area (Å²) < 4.78 is 5.23. The summed E-state index contributed by atoms with van der Waals surface area (Å²) in [5.41, 5.74) is 6.06. The Morgan fingerprint density at radius 3 is 2.33 bits per heavy atom. The van der Waals surface area contributed by atoms with Gasteiger partial charge in [0.25, 0.3) is 5.91 Å². The Bertz CT molecular complexity index is 572. The molecule has 0 saturated carbocycles. The smallest absolute Gasteiger partial charge is 0.257 e. The molecule has 2 amide bonds. The van der Waals surface area contributed by atoms with Gasteiger partial charge in [-0.3, -0.25) is 14.5 Å². The Morgan fingerprint density at radius 1 is 1.00 bits per heavy atom. The molecule has 2 aliphatic rings. The van der Waals surface area contributed by atoms with E-state index in [-0.39, 0.29) is 11.8 Å². The van der Waals surface area contributed by atoms with Gasteiger partial charge in [-0.2, -0.15) is 0 Å². The number of nitrogens with two attached hydrogens (primary N) is 1. The fourth-order valence-corrected chi connectivity index (χ4v) is 3.33. The zero-order valence-corrected chi connectivity index (χ0v) is 14.1. The Balaban J connectivity index is 1.46. The van der Waals surface area contributed by atoms with E-state index in [2.05, 4.69) is 4.90 Å². The van der Waals surface area contributed by atoms with Crippen molar-refractivity contribution in [3.63, 3.8) is 0 Å². The van der Waals surface area contributed by atoms with E-state index in [4.69, 9.17) is 10.2 Å². The third-order valence-electron chi connectivity index (χ3n) is 4.83. The molecule has 2 fully saturated rings. The molecule has 7 heteroatoms. The molecule has 0 bridgehead atoms. The van der Waals surface area contributed by atoms with E-state index in [1.165, 1.54) is 12.7 Å². The van der Waals surface area contributed by atoms with E-state index in [9.17, 15) is 9.59 Å². The number of nitrogens with zero attached hydrogens (tertiary/aromatic N) is 3. The van der Waals surface area contributed by atoms with Crippen molar-refractivity contribution in [2.24, 2.45) is 5.73 Å². The van der Waals surface area contributed by atoms with Gasteiger partial charge in [-0.1, -0.05) is 0 Å². The molecule has 24 heavy (non-hydrogen) atoms. The van der Waals surface area contributed by atoms with Crippen molar-refractivity contribution < 1.29 is 14.0 Å². The highest BCUT2D eigenvalue weighted by atomic mass is 16.3. The second kappa shape index (κ2) is 7.81. The van der Waals surface area contributed by atoms with E-state index >= 15 is 0 Å². The van der Waals surface area contributed by atoms with Crippen LogP contribution in [-0.2, 0) is 11.3 Å². The molecule has 0 aromatic carbocycles. The summed E-state index contributed by atoms with van der Waals surface area (Å²) in [6.45, 7) is 5.26. The van der Waals surface area contributed by atoms with Gasteiger partial charge in [0.2, 0.25) is 5.91 Å². The second-order valence-electron chi connectivity index (χ2n) is 6.52. The summed E-state index contributed by atoms with van der Waals surface area (Å²) in [6, 6.07) is 1.70. The van der Waals surface area contributed by atoms with Crippen LogP contribution >= 0.6 is 0 Å². The fraction of sp³-hybridized carbons (Fsp3) is 0.647. The van der Waals surface area contributed by atoms with Crippen LogP contribution < -0.4 is 5.73 Å². The Kier molecular flexibility index (Phi) is 5.52. The van der Waals surface area contributed by atoms with Gasteiger partial charge < -0.3 is 20.0 Å². The molecule has 2 N–H and O–H groups in total. The number of piperidine rings is 1. The Hall–Kier alpha value is -1.86. The van der Waals surface area contributed by atoms with E-state index in [0.29, 0.717) is 37.5 Å². The molecule has 0 radical (unpaired) electrons. The maximum atomic E-state index is 12.4. The van der Waals surface area contributed by atoms with Crippen LogP contribution in [0, 0.1) is 0 Å². The summed E-state index contributed by atoms with van der Waals surface area (Å²) in [4.78, 5) is 30.7. The van der Waals surface area contributed by atoms with Crippen molar-refractivity contribution in [3.05, 3.63) is 23.7 Å². The molecular weight excluding hydrogens is 308 g/mol. The van der Waals surface area contributed by atoms with Crippen LogP contribution in [0.25, 0.3) is 0 Å². The van der Waals surface area contributed by atoms with Gasteiger partial charge in [-0.05, 0) is 25.3 Å². The number of hydrogen-bond acceptors (Lipinski definition) is 5. The van der Waals surface area contributed by atoms with Gasteiger partial charge in [0.15, 0.2) is 0 Å². The van der Waals surface area contributed by atoms with Crippen molar-refractivity contribution in [1.82, 2.24) is 14.7 Å². The number of carbonyl (C=O) groups is 2. The van der Waals surface area contributed by atoms with Crippen molar-refractivity contribution in [2.75, 3.05) is 45.8 Å². The van der Waals surface area contributed by atoms with Gasteiger partial charge in [0.05, 0.1) is 18.7 Å². The predicted octanol–water partition coefficient (Wildman–Crippen LogP) is 0.509. The standard InChI is InChI=1S/C17H26N4O3/c18-11-15-10-14(13-24-15)17(23)21-8-6-19(7-9-21)12-16(22)20-4-2-1-3-5-20/h10,13H,1-9,11-12,18H2. The highest BCUT2D eigenvalue weighted by Crippen LogP contribution is 2.13. The highest BCUT2D eigenvalue weighted by molar-refractivity contribution is 5.94. The molecule has 2 aliphatic heterocycles. The Morgan fingerprint density at radius 2 is 1.71 bits per heavy atom. The maximum absolute atomic E-state index is 12.4. The lowest BCUT2D eigenvalue weighted by Crippen LogP contribution is -2.52. The van der Waals surface area contributed by atoms with Crippen LogP contribution in [0.15, 0.2) is 16.7 Å². The van der Waals surface area contributed by atoms with E-state index in [1.54, 1.807) is 6.07 Å². The van der Waals surface area contributed by atoms with Gasteiger partial charge in [-0.25, -0.2) is 0 Å². The van der Waals surface area contributed by atoms with Crippen LogP contribution in [0.1, 0.15) is 35.4 Å². The molecule has 3 rings (SSSR count). The number of furan rings is 1. The molecule has 2 saturated heterocycles. The van der Waals surface area contributed by atoms with Gasteiger partial charge in [0.1, 0.15) is 12.0 Å². The molecule has 0 spiro atoms. The number of amides is 2. The van der Waals surface area contributed by atoms with E-state index in [0.717, 1.165) is 39.0 Å². The first kappa shape index (κ1) is 17.0. The number of carbonyl (C=O) groups excluding carboxylic acids is 2. The average Bonchev–Trinajstić information content (AvgIpc) is 3.11. The van der Waals surface area contributed by atoms with Crippen molar-refractivity contribution in [3.8, 4) is 0 Å². The highest BCUT2D eigenvalue weighted by Gasteiger charge is 2.26. The first-order chi connectivity index (χ1) is 11.7. The summed E-state index contributed by atoms with van der Waals surface area (Å²) in [7, 11) is 0. The molecule has 0 aliphatic carbocycles. The maximum Gasteiger partial charge on any atom is 0.257 e. The first-order valence-electron chi connectivity index (χ1n) is 8.74. The second-order valence-corrected chi connectivity index (χ2v) is 6.52. The molecular formula is C17H26N4O3. The molecule has 0 atom stereocenters. The number of piperazine rings is 1. The van der Waals surface area contributed by atoms with Gasteiger partial charge in [0, 0.05) is 39.3 Å². The summed E-state index contributed by atoms with van der Waals surface area (Å²) in [5.74, 6) is 0.807. The lowest BCUT2D eigenvalue weighted by molar-refractivity contribution is -0.133. The van der Waals surface area contributed by atoms with Gasteiger partial charge in [-0.15, -0.1) is 0 Å². The largest absolute Gasteiger partial charge is 0.467 e. The first-order valence-corrected chi connectivity index (χ1v) is 8.74.